The van der Waals surface area contributed by atoms with Crippen LogP contribution in [0.5, 0.6) is 11.5 Å². The number of ether oxygens (including phenoxy) is 1. The van der Waals surface area contributed by atoms with Gasteiger partial charge in [0.1, 0.15) is 24.1 Å². The molecule has 0 bridgehead atoms. The number of para-hydroxylation sites is 1. The van der Waals surface area contributed by atoms with Gasteiger partial charge in [0.2, 0.25) is 11.8 Å². The Kier molecular flexibility index (Phi) is 11.4. The second-order valence-corrected chi connectivity index (χ2v) is 12.8. The molecule has 0 spiro atoms. The molecule has 0 saturated heterocycles. The number of nitrogens with one attached hydrogen (secondary N) is 1. The summed E-state index contributed by atoms with van der Waals surface area (Å²) in [6, 6.07) is 29.2. The van der Waals surface area contributed by atoms with Crippen LogP contribution in [0.15, 0.2) is 108 Å². The van der Waals surface area contributed by atoms with Crippen LogP contribution >= 0.6 is 0 Å². The highest BCUT2D eigenvalue weighted by atomic mass is 32.2. The van der Waals surface area contributed by atoms with Crippen LogP contribution in [-0.2, 0) is 26.2 Å². The molecule has 0 unspecified atom stereocenters. The number of rotatable bonds is 14. The molecule has 9 heteroatoms. The van der Waals surface area contributed by atoms with Gasteiger partial charge in [-0.05, 0) is 86.3 Å². The van der Waals surface area contributed by atoms with E-state index in [-0.39, 0.29) is 17.3 Å². The number of hydrogen-bond acceptors (Lipinski definition) is 5. The average molecular weight is 628 g/mol. The maximum atomic E-state index is 14.3. The topological polar surface area (TPSA) is 96.0 Å². The summed E-state index contributed by atoms with van der Waals surface area (Å²) in [5, 5.41) is 2.91. The molecule has 0 aromatic heterocycles. The number of aryl methyl sites for hydroxylation is 2. The Morgan fingerprint density at radius 1 is 0.800 bits per heavy atom. The van der Waals surface area contributed by atoms with Crippen molar-refractivity contribution in [3.05, 3.63) is 120 Å². The maximum absolute atomic E-state index is 14.3. The van der Waals surface area contributed by atoms with Crippen LogP contribution in [-0.4, -0.2) is 44.3 Å². The van der Waals surface area contributed by atoms with Crippen molar-refractivity contribution < 1.29 is 22.7 Å². The lowest BCUT2D eigenvalue weighted by Crippen LogP contribution is -2.52. The Labute approximate surface area is 266 Å². The molecule has 0 aliphatic heterocycles. The van der Waals surface area contributed by atoms with Gasteiger partial charge in [-0.25, -0.2) is 8.42 Å². The Balaban J connectivity index is 1.73. The van der Waals surface area contributed by atoms with Crippen LogP contribution in [0.3, 0.4) is 0 Å². The SMILES string of the molecule is CCCNC(=O)[C@H](CC)N(Cc1ccccc1C)C(=O)CN(c1ccc(Oc2ccccc2)cc1)S(=O)(=O)c1ccc(C)cc1. The maximum Gasteiger partial charge on any atom is 0.264 e. The molecule has 45 heavy (non-hydrogen) atoms. The van der Waals surface area contributed by atoms with E-state index in [2.05, 4.69) is 5.32 Å². The minimum atomic E-state index is -4.17. The zero-order valence-corrected chi connectivity index (χ0v) is 27.1. The number of nitrogens with zero attached hydrogens (tertiary/aromatic N) is 2. The molecular weight excluding hydrogens is 586 g/mol. The quantitative estimate of drug-likeness (QED) is 0.169. The second-order valence-electron chi connectivity index (χ2n) is 10.9. The molecule has 236 valence electrons. The van der Waals surface area contributed by atoms with Crippen LogP contribution in [0.4, 0.5) is 5.69 Å². The molecule has 1 N–H and O–H groups in total. The monoisotopic (exact) mass is 627 g/mol. The van der Waals surface area contributed by atoms with Gasteiger partial charge in [0.15, 0.2) is 0 Å². The lowest BCUT2D eigenvalue weighted by atomic mass is 10.1. The Morgan fingerprint density at radius 3 is 2.04 bits per heavy atom. The number of amides is 2. The molecule has 1 atom stereocenters. The van der Waals surface area contributed by atoms with Crippen LogP contribution in [0, 0.1) is 13.8 Å². The van der Waals surface area contributed by atoms with Gasteiger partial charge in [0, 0.05) is 13.1 Å². The van der Waals surface area contributed by atoms with E-state index in [4.69, 9.17) is 4.74 Å². The molecule has 2 amide bonds. The second kappa shape index (κ2) is 15.4. The van der Waals surface area contributed by atoms with E-state index in [1.54, 1.807) is 36.4 Å². The zero-order chi connectivity index (χ0) is 32.4. The molecule has 0 heterocycles. The number of carbonyl (C=O) groups is 2. The standard InChI is InChI=1S/C36H41N3O5S/c1-5-24-37-36(41)34(6-2)38(25-29-13-11-10-12-28(29)4)35(40)26-39(45(42,43)33-22-16-27(3)17-23-33)30-18-20-32(21-19-30)44-31-14-8-7-9-15-31/h7-23,34H,5-6,24-26H2,1-4H3,(H,37,41)/t34-/m0/s1. The summed E-state index contributed by atoms with van der Waals surface area (Å²) in [6.45, 7) is 7.77. The van der Waals surface area contributed by atoms with Crippen molar-refractivity contribution in [2.75, 3.05) is 17.4 Å². The summed E-state index contributed by atoms with van der Waals surface area (Å²) in [6.07, 6.45) is 1.11. The summed E-state index contributed by atoms with van der Waals surface area (Å²) >= 11 is 0. The smallest absolute Gasteiger partial charge is 0.264 e. The van der Waals surface area contributed by atoms with Crippen molar-refractivity contribution in [2.24, 2.45) is 0 Å². The van der Waals surface area contributed by atoms with Crippen LogP contribution < -0.4 is 14.4 Å². The molecule has 4 aromatic carbocycles. The van der Waals surface area contributed by atoms with Gasteiger partial charge in [0.25, 0.3) is 10.0 Å². The molecule has 8 nitrogen and oxygen atoms in total. The number of carbonyl (C=O) groups excluding carboxylic acids is 2. The highest BCUT2D eigenvalue weighted by molar-refractivity contribution is 7.92. The van der Waals surface area contributed by atoms with Gasteiger partial charge in [-0.3, -0.25) is 13.9 Å². The Morgan fingerprint density at radius 2 is 1.42 bits per heavy atom. The summed E-state index contributed by atoms with van der Waals surface area (Å²) in [5.74, 6) is 0.404. The molecule has 0 radical (unpaired) electrons. The number of benzene rings is 4. The first kappa shape index (κ1) is 33.3. The van der Waals surface area contributed by atoms with E-state index >= 15 is 0 Å². The zero-order valence-electron chi connectivity index (χ0n) is 26.3. The predicted octanol–water partition coefficient (Wildman–Crippen LogP) is 6.62. The van der Waals surface area contributed by atoms with Crippen LogP contribution in [0.1, 0.15) is 43.4 Å². The van der Waals surface area contributed by atoms with Gasteiger partial charge in [-0.1, -0.05) is 74.0 Å². The van der Waals surface area contributed by atoms with Crippen molar-refractivity contribution in [1.29, 1.82) is 0 Å². The fourth-order valence-electron chi connectivity index (χ4n) is 4.93. The molecule has 0 saturated carbocycles. The number of anilines is 1. The summed E-state index contributed by atoms with van der Waals surface area (Å²) in [5.41, 5.74) is 3.05. The third kappa shape index (κ3) is 8.51. The predicted molar refractivity (Wildman–Crippen MR) is 178 cm³/mol. The molecule has 0 aliphatic rings. The van der Waals surface area contributed by atoms with E-state index in [0.29, 0.717) is 30.2 Å². The third-order valence-corrected chi connectivity index (χ3v) is 9.32. The van der Waals surface area contributed by atoms with Gasteiger partial charge in [-0.15, -0.1) is 0 Å². The highest BCUT2D eigenvalue weighted by Crippen LogP contribution is 2.29. The lowest BCUT2D eigenvalue weighted by Gasteiger charge is -2.33. The lowest BCUT2D eigenvalue weighted by molar-refractivity contribution is -0.140. The summed E-state index contributed by atoms with van der Waals surface area (Å²) in [7, 11) is -4.17. The van der Waals surface area contributed by atoms with Crippen LogP contribution in [0.25, 0.3) is 0 Å². The average Bonchev–Trinajstić information content (AvgIpc) is 3.04. The molecule has 4 aromatic rings. The van der Waals surface area contributed by atoms with Crippen molar-refractivity contribution in [1.82, 2.24) is 10.2 Å². The summed E-state index contributed by atoms with van der Waals surface area (Å²) in [4.78, 5) is 29.1. The third-order valence-electron chi connectivity index (χ3n) is 7.53. The highest BCUT2D eigenvalue weighted by Gasteiger charge is 2.33. The Hall–Kier alpha value is -4.63. The molecule has 4 rings (SSSR count). The van der Waals surface area contributed by atoms with Gasteiger partial charge >= 0.3 is 0 Å². The molecule has 0 aliphatic carbocycles. The van der Waals surface area contributed by atoms with E-state index in [1.165, 1.54) is 17.0 Å². The van der Waals surface area contributed by atoms with E-state index in [0.717, 1.165) is 27.4 Å². The van der Waals surface area contributed by atoms with Crippen LogP contribution in [0.2, 0.25) is 0 Å². The summed E-state index contributed by atoms with van der Waals surface area (Å²) < 4.78 is 35.3. The first-order valence-corrected chi connectivity index (χ1v) is 16.6. The van der Waals surface area contributed by atoms with E-state index < -0.39 is 28.5 Å². The van der Waals surface area contributed by atoms with Crippen molar-refractivity contribution in [2.45, 2.75) is 58.0 Å². The van der Waals surface area contributed by atoms with Gasteiger partial charge < -0.3 is 15.0 Å². The molecule has 0 fully saturated rings. The van der Waals surface area contributed by atoms with E-state index in [1.807, 2.05) is 82.3 Å². The number of hydrogen-bond donors (Lipinski definition) is 1. The largest absolute Gasteiger partial charge is 0.457 e. The van der Waals surface area contributed by atoms with Crippen molar-refractivity contribution >= 4 is 27.5 Å². The van der Waals surface area contributed by atoms with Gasteiger partial charge in [-0.2, -0.15) is 0 Å². The normalized spacial score (nSPS) is 11.8. The number of sulfonamides is 1. The fourth-order valence-corrected chi connectivity index (χ4v) is 6.34. The van der Waals surface area contributed by atoms with Gasteiger partial charge in [0.05, 0.1) is 10.6 Å². The molecular formula is C36H41N3O5S. The minimum absolute atomic E-state index is 0.0590. The van der Waals surface area contributed by atoms with Crippen molar-refractivity contribution in [3.63, 3.8) is 0 Å². The first-order valence-electron chi connectivity index (χ1n) is 15.2. The van der Waals surface area contributed by atoms with E-state index in [9.17, 15) is 18.0 Å². The fraction of sp³-hybridized carbons (Fsp3) is 0.278. The minimum Gasteiger partial charge on any atom is -0.457 e. The Bertz CT molecular complexity index is 1670. The van der Waals surface area contributed by atoms with Crippen molar-refractivity contribution in [3.8, 4) is 11.5 Å². The first-order chi connectivity index (χ1) is 21.6.